The molecule has 1 atom stereocenters. The number of allylic oxidation sites excluding steroid dienone is 1. The molecule has 278 valence electrons. The molecule has 0 N–H and O–H groups in total. The summed E-state index contributed by atoms with van der Waals surface area (Å²) in [5, 5.41) is 0. The van der Waals surface area contributed by atoms with Crippen molar-refractivity contribution in [3.63, 3.8) is 0 Å². The molecule has 0 radical (unpaired) electrons. The van der Waals surface area contributed by atoms with Gasteiger partial charge in [-0.25, -0.2) is 4.39 Å². The molecule has 10 rings (SSSR count). The predicted octanol–water partition coefficient (Wildman–Crippen LogP) is 10.9. The van der Waals surface area contributed by atoms with E-state index < -0.39 is 13.3 Å². The fourth-order valence-corrected chi connectivity index (χ4v) is 19.1. The van der Waals surface area contributed by atoms with Crippen molar-refractivity contribution in [2.45, 2.75) is 12.5 Å². The van der Waals surface area contributed by atoms with Gasteiger partial charge in [0.2, 0.25) is 0 Å². The summed E-state index contributed by atoms with van der Waals surface area (Å²) in [5.41, 5.74) is 10.3. The average Bonchev–Trinajstić information content (AvgIpc) is 3.63. The molecule has 1 aliphatic carbocycles. The van der Waals surface area contributed by atoms with Gasteiger partial charge >= 0.3 is 252 Å². The summed E-state index contributed by atoms with van der Waals surface area (Å²) in [5.74, 6) is -0.224. The van der Waals surface area contributed by atoms with Crippen LogP contribution < -0.4 is 27.4 Å². The second kappa shape index (κ2) is 15.3. The van der Waals surface area contributed by atoms with Gasteiger partial charge in [0.05, 0.1) is 6.04 Å². The summed E-state index contributed by atoms with van der Waals surface area (Å²) in [4.78, 5) is 4.72. The molecule has 0 fully saturated rings. The first-order valence-corrected chi connectivity index (χ1v) is 24.2. The maximum absolute atomic E-state index is 14.0. The second-order valence-corrected chi connectivity index (χ2v) is 23.0. The van der Waals surface area contributed by atoms with E-state index in [-0.39, 0.29) is 11.9 Å². The average molecular weight is 810 g/mol. The number of rotatable bonds is 9. The zero-order valence-electron chi connectivity index (χ0n) is 32.0. The molecule has 0 bridgehead atoms. The molecule has 0 spiro atoms. The molecular weight excluding hydrogens is 768 g/mol. The number of nitrogens with zero attached hydrogens (tertiary/aromatic N) is 2. The molecule has 8 aromatic rings. The maximum atomic E-state index is 14.0. The van der Waals surface area contributed by atoms with Crippen molar-refractivity contribution in [2.75, 3.05) is 9.80 Å². The molecule has 0 saturated heterocycles. The Morgan fingerprint density at radius 3 is 1.50 bits per heavy atom. The van der Waals surface area contributed by atoms with E-state index in [1.807, 2.05) is 12.1 Å². The quantitative estimate of drug-likeness (QED) is 0.134. The van der Waals surface area contributed by atoms with Crippen LogP contribution in [0.2, 0.25) is 0 Å². The molecule has 2 aliphatic rings. The molecule has 4 heteroatoms. The Balaban J connectivity index is 1.01. The first-order chi connectivity index (χ1) is 28.7. The predicted molar refractivity (Wildman–Crippen MR) is 244 cm³/mol. The van der Waals surface area contributed by atoms with Crippen molar-refractivity contribution in [3.8, 4) is 11.1 Å². The molecule has 1 unspecified atom stereocenters. The summed E-state index contributed by atoms with van der Waals surface area (Å²) in [7, 11) is 0. The minimum atomic E-state index is -3.34. The Morgan fingerprint density at radius 1 is 0.466 bits per heavy atom. The van der Waals surface area contributed by atoms with E-state index >= 15 is 0 Å². The van der Waals surface area contributed by atoms with E-state index in [4.69, 9.17) is 0 Å². The SMILES string of the molecule is Fc1ccc(N2c3ccccc3C3=CC(N(c4ccccc4)c4ccc(-c5cc[c]([Ge]([c]6ccccc6)([c]6ccccc6)[c]6ccccc6)cc5)cc4)=CCC32)cc1. The van der Waals surface area contributed by atoms with Gasteiger partial charge in [-0.3, -0.25) is 0 Å². The molecule has 1 heterocycles. The van der Waals surface area contributed by atoms with Gasteiger partial charge in [0.25, 0.3) is 0 Å². The van der Waals surface area contributed by atoms with Gasteiger partial charge in [-0.1, -0.05) is 24.3 Å². The van der Waals surface area contributed by atoms with E-state index in [9.17, 15) is 4.39 Å². The number of benzene rings is 8. The zero-order valence-corrected chi connectivity index (χ0v) is 34.1. The topological polar surface area (TPSA) is 6.48 Å². The van der Waals surface area contributed by atoms with Gasteiger partial charge < -0.3 is 4.90 Å². The van der Waals surface area contributed by atoms with Crippen molar-refractivity contribution in [1.29, 1.82) is 0 Å². The summed E-state index contributed by atoms with van der Waals surface area (Å²) in [6, 6.07) is 78.0. The van der Waals surface area contributed by atoms with Crippen LogP contribution in [0, 0.1) is 5.82 Å². The summed E-state index contributed by atoms with van der Waals surface area (Å²) < 4.78 is 19.6. The van der Waals surface area contributed by atoms with Gasteiger partial charge in [0.15, 0.2) is 0 Å². The van der Waals surface area contributed by atoms with Crippen LogP contribution in [-0.4, -0.2) is 19.3 Å². The Morgan fingerprint density at radius 2 is 0.931 bits per heavy atom. The molecule has 8 aromatic carbocycles. The molecular formula is C54H41FGeN2. The Bertz CT molecular complexity index is 2630. The number of fused-ring (bicyclic) bond motifs is 3. The number of anilines is 4. The number of para-hydroxylation sites is 2. The van der Waals surface area contributed by atoms with Gasteiger partial charge in [-0.2, -0.15) is 0 Å². The van der Waals surface area contributed by atoms with Crippen LogP contribution in [0.3, 0.4) is 0 Å². The molecule has 58 heavy (non-hydrogen) atoms. The second-order valence-electron chi connectivity index (χ2n) is 15.0. The van der Waals surface area contributed by atoms with E-state index in [1.165, 1.54) is 39.8 Å². The normalized spacial score (nSPS) is 14.6. The van der Waals surface area contributed by atoms with Crippen LogP contribution in [0.1, 0.15) is 12.0 Å². The van der Waals surface area contributed by atoms with Crippen LogP contribution >= 0.6 is 0 Å². The number of halogens is 1. The van der Waals surface area contributed by atoms with Crippen LogP contribution in [0.4, 0.5) is 27.1 Å². The molecule has 0 amide bonds. The third-order valence-corrected chi connectivity index (χ3v) is 21.8. The Labute approximate surface area is 342 Å². The molecule has 0 saturated carbocycles. The molecule has 1 aliphatic heterocycles. The van der Waals surface area contributed by atoms with Crippen LogP contribution in [0.15, 0.2) is 236 Å². The molecule has 0 aromatic heterocycles. The third-order valence-electron chi connectivity index (χ3n) is 11.8. The third kappa shape index (κ3) is 6.29. The monoisotopic (exact) mass is 810 g/mol. The smallest absolute Gasteiger partial charge is 0.0355 e. The van der Waals surface area contributed by atoms with Gasteiger partial charge in [-0.15, -0.1) is 0 Å². The number of hydrogen-bond acceptors (Lipinski definition) is 2. The minimum Gasteiger partial charge on any atom is -0.0355 e. The minimum absolute atomic E-state index is 0.128. The number of hydrogen-bond donors (Lipinski definition) is 0. The van der Waals surface area contributed by atoms with E-state index in [0.717, 1.165) is 34.9 Å². The fourth-order valence-electron chi connectivity index (χ4n) is 9.15. The standard InChI is InChI=1S/C54H41FGeN2/c55-42-29-35-49(36-30-42)58-53-24-14-13-23-51(53)52-39-50(37-38-54(52)58)57(47-21-11-4-12-22-47)48-33-27-41(28-34-48)40-25-31-46(32-26-40)56(43-15-5-1-6-16-43,44-17-7-2-8-18-44)45-19-9-3-10-20-45/h1-37,39,54H,38H2. The van der Waals surface area contributed by atoms with E-state index in [1.54, 1.807) is 12.1 Å². The van der Waals surface area contributed by atoms with Crippen molar-refractivity contribution < 1.29 is 4.39 Å². The Kier molecular flexibility index (Phi) is 9.44. The van der Waals surface area contributed by atoms with Crippen LogP contribution in [-0.2, 0) is 0 Å². The van der Waals surface area contributed by atoms with Crippen molar-refractivity contribution in [3.05, 3.63) is 248 Å². The first kappa shape index (κ1) is 35.7. The van der Waals surface area contributed by atoms with E-state index in [0.29, 0.717) is 0 Å². The first-order valence-electron chi connectivity index (χ1n) is 20.0. The fraction of sp³-hybridized carbons (Fsp3) is 0.0370. The zero-order chi connectivity index (χ0) is 38.9. The van der Waals surface area contributed by atoms with Crippen LogP contribution in [0.25, 0.3) is 16.7 Å². The summed E-state index contributed by atoms with van der Waals surface area (Å²) in [6.07, 6.45) is 5.52. The van der Waals surface area contributed by atoms with Gasteiger partial charge in [0, 0.05) is 16.9 Å². The van der Waals surface area contributed by atoms with E-state index in [2.05, 4.69) is 216 Å². The van der Waals surface area contributed by atoms with Crippen molar-refractivity contribution in [2.24, 2.45) is 0 Å². The van der Waals surface area contributed by atoms with Gasteiger partial charge in [0.1, 0.15) is 5.82 Å². The molecule has 2 nitrogen and oxygen atoms in total. The summed E-state index contributed by atoms with van der Waals surface area (Å²) >= 11 is -3.34. The van der Waals surface area contributed by atoms with Gasteiger partial charge in [-0.05, 0) is 30.3 Å². The Hall–Kier alpha value is -6.69. The van der Waals surface area contributed by atoms with Crippen molar-refractivity contribution >= 4 is 59.2 Å². The summed E-state index contributed by atoms with van der Waals surface area (Å²) in [6.45, 7) is 0. The van der Waals surface area contributed by atoms with Crippen LogP contribution in [0.5, 0.6) is 0 Å². The van der Waals surface area contributed by atoms with Crippen molar-refractivity contribution in [1.82, 2.24) is 0 Å².